The van der Waals surface area contributed by atoms with Gasteiger partial charge >= 0.3 is 0 Å². The van der Waals surface area contributed by atoms with Gasteiger partial charge in [0.15, 0.2) is 0 Å². The van der Waals surface area contributed by atoms with Crippen molar-refractivity contribution in [3.8, 4) is 67.5 Å². The van der Waals surface area contributed by atoms with Gasteiger partial charge in [-0.15, -0.1) is 0 Å². The van der Waals surface area contributed by atoms with E-state index in [4.69, 9.17) is 14.4 Å². The largest absolute Gasteiger partial charge is 0.507 e. The molecule has 0 saturated carbocycles. The van der Waals surface area contributed by atoms with E-state index in [1.54, 1.807) is 6.07 Å². The Hall–Kier alpha value is -7.24. The van der Waals surface area contributed by atoms with Crippen molar-refractivity contribution in [1.82, 2.24) is 14.5 Å². The molecule has 0 radical (unpaired) electrons. The highest BCUT2D eigenvalue weighted by atomic mass is 16.3. The Morgan fingerprint density at radius 1 is 0.472 bits per heavy atom. The Morgan fingerprint density at radius 3 is 1.94 bits per heavy atom. The number of fused-ring (bicyclic) bond motifs is 4. The summed E-state index contributed by atoms with van der Waals surface area (Å²) in [5, 5.41) is 13.5. The molecule has 0 unspecified atom stereocenters. The minimum Gasteiger partial charge on any atom is -0.507 e. The molecule has 0 saturated heterocycles. The van der Waals surface area contributed by atoms with E-state index in [0.29, 0.717) is 17.0 Å². The average molecular weight is 682 g/mol. The lowest BCUT2D eigenvalue weighted by Gasteiger charge is -2.13. The molecule has 250 valence electrons. The first-order valence-corrected chi connectivity index (χ1v) is 17.6. The van der Waals surface area contributed by atoms with E-state index in [1.165, 1.54) is 0 Å². The van der Waals surface area contributed by atoms with Gasteiger partial charge in [-0.2, -0.15) is 0 Å². The second-order valence-corrected chi connectivity index (χ2v) is 13.2. The first-order chi connectivity index (χ1) is 26.2. The van der Waals surface area contributed by atoms with Crippen LogP contribution in [-0.4, -0.2) is 19.6 Å². The van der Waals surface area contributed by atoms with E-state index in [9.17, 15) is 5.11 Å². The molecule has 7 aromatic carbocycles. The predicted octanol–water partition coefficient (Wildman–Crippen LogP) is 12.4. The molecular formula is C48H31N3O2. The van der Waals surface area contributed by atoms with Crippen molar-refractivity contribution in [2.45, 2.75) is 0 Å². The first-order valence-electron chi connectivity index (χ1n) is 17.6. The zero-order chi connectivity index (χ0) is 35.3. The van der Waals surface area contributed by atoms with Crippen molar-refractivity contribution in [3.63, 3.8) is 0 Å². The molecule has 1 N–H and O–H groups in total. The van der Waals surface area contributed by atoms with E-state index in [1.807, 2.05) is 66.9 Å². The topological polar surface area (TPSA) is 64.1 Å². The van der Waals surface area contributed by atoms with Gasteiger partial charge in [-0.1, -0.05) is 109 Å². The number of rotatable bonds is 6. The second kappa shape index (κ2) is 12.5. The fourth-order valence-electron chi connectivity index (χ4n) is 7.42. The summed E-state index contributed by atoms with van der Waals surface area (Å²) in [7, 11) is 0. The molecule has 0 spiro atoms. The summed E-state index contributed by atoms with van der Waals surface area (Å²) in [5.74, 6) is 0.756. The van der Waals surface area contributed by atoms with Crippen LogP contribution >= 0.6 is 0 Å². The van der Waals surface area contributed by atoms with Crippen molar-refractivity contribution in [3.05, 3.63) is 182 Å². The number of hydrogen-bond donors (Lipinski definition) is 1. The van der Waals surface area contributed by atoms with Gasteiger partial charge in [0.1, 0.15) is 22.7 Å². The summed E-state index contributed by atoms with van der Waals surface area (Å²) in [6.45, 7) is 0. The zero-order valence-corrected chi connectivity index (χ0v) is 28.5. The Morgan fingerprint density at radius 2 is 1.15 bits per heavy atom. The van der Waals surface area contributed by atoms with E-state index in [-0.39, 0.29) is 5.75 Å². The van der Waals surface area contributed by atoms with Gasteiger partial charge in [0.05, 0.1) is 22.3 Å². The maximum atomic E-state index is 11.7. The third-order valence-electron chi connectivity index (χ3n) is 9.95. The SMILES string of the molecule is Oc1cc2c(cc1-c1nc3c(-c4cc(-c5ccccc5)cc(-c5cc(-c6ccccc6)ccn5)c4)cccc3n1-c1ccccc1)oc1ccccc12. The Labute approximate surface area is 305 Å². The summed E-state index contributed by atoms with van der Waals surface area (Å²) >= 11 is 0. The molecular weight excluding hydrogens is 651 g/mol. The number of hydrogen-bond acceptors (Lipinski definition) is 4. The zero-order valence-electron chi connectivity index (χ0n) is 28.5. The van der Waals surface area contributed by atoms with Gasteiger partial charge < -0.3 is 9.52 Å². The summed E-state index contributed by atoms with van der Waals surface area (Å²) in [6, 6.07) is 59.7. The van der Waals surface area contributed by atoms with E-state index >= 15 is 0 Å². The number of aromatic nitrogens is 3. The van der Waals surface area contributed by atoms with Crippen LogP contribution in [0, 0.1) is 0 Å². The number of pyridine rings is 1. The molecule has 10 aromatic rings. The van der Waals surface area contributed by atoms with Crippen molar-refractivity contribution in [2.75, 3.05) is 0 Å². The van der Waals surface area contributed by atoms with Crippen molar-refractivity contribution in [1.29, 1.82) is 0 Å². The molecule has 0 aliphatic rings. The Bertz CT molecular complexity index is 2950. The highest BCUT2D eigenvalue weighted by Gasteiger charge is 2.22. The smallest absolute Gasteiger partial charge is 0.149 e. The normalized spacial score (nSPS) is 11.5. The molecule has 3 heterocycles. The number of para-hydroxylation sites is 3. The van der Waals surface area contributed by atoms with Crippen molar-refractivity contribution >= 4 is 33.0 Å². The summed E-state index contributed by atoms with van der Waals surface area (Å²) in [6.07, 6.45) is 1.88. The Balaban J connectivity index is 1.21. The minimum atomic E-state index is 0.135. The molecule has 0 amide bonds. The first kappa shape index (κ1) is 30.6. The van der Waals surface area contributed by atoms with Gasteiger partial charge in [-0.3, -0.25) is 9.55 Å². The molecule has 0 aliphatic carbocycles. The molecule has 0 bridgehead atoms. The van der Waals surface area contributed by atoms with Gasteiger partial charge in [-0.05, 0) is 94.5 Å². The molecule has 0 aliphatic heterocycles. The van der Waals surface area contributed by atoms with Crippen LogP contribution in [0.3, 0.4) is 0 Å². The molecule has 10 rings (SSSR count). The van der Waals surface area contributed by atoms with Crippen LogP contribution in [0.25, 0.3) is 94.7 Å². The number of benzene rings is 7. The summed E-state index contributed by atoms with van der Waals surface area (Å²) < 4.78 is 8.40. The highest BCUT2D eigenvalue weighted by molar-refractivity contribution is 6.07. The van der Waals surface area contributed by atoms with Crippen LogP contribution in [0.4, 0.5) is 0 Å². The fourth-order valence-corrected chi connectivity index (χ4v) is 7.42. The number of nitrogens with zero attached hydrogens (tertiary/aromatic N) is 3. The van der Waals surface area contributed by atoms with E-state index in [2.05, 4.69) is 114 Å². The quantitative estimate of drug-likeness (QED) is 0.190. The molecule has 53 heavy (non-hydrogen) atoms. The predicted molar refractivity (Wildman–Crippen MR) is 215 cm³/mol. The van der Waals surface area contributed by atoms with Crippen LogP contribution in [-0.2, 0) is 0 Å². The van der Waals surface area contributed by atoms with Crippen LogP contribution < -0.4 is 0 Å². The van der Waals surface area contributed by atoms with Crippen LogP contribution in [0.5, 0.6) is 5.75 Å². The van der Waals surface area contributed by atoms with E-state index < -0.39 is 0 Å². The van der Waals surface area contributed by atoms with Crippen molar-refractivity contribution < 1.29 is 9.52 Å². The molecule has 0 fully saturated rings. The van der Waals surface area contributed by atoms with E-state index in [0.717, 1.165) is 77.7 Å². The van der Waals surface area contributed by atoms with Gasteiger partial charge in [0, 0.05) is 33.8 Å². The maximum Gasteiger partial charge on any atom is 0.149 e. The van der Waals surface area contributed by atoms with Crippen LogP contribution in [0.15, 0.2) is 187 Å². The third kappa shape index (κ3) is 5.34. The van der Waals surface area contributed by atoms with Gasteiger partial charge in [-0.25, -0.2) is 4.98 Å². The fraction of sp³-hybridized carbons (Fsp3) is 0. The third-order valence-corrected chi connectivity index (χ3v) is 9.95. The second-order valence-electron chi connectivity index (χ2n) is 13.2. The minimum absolute atomic E-state index is 0.135. The number of furan rings is 1. The lowest BCUT2D eigenvalue weighted by atomic mass is 9.93. The van der Waals surface area contributed by atoms with Crippen molar-refractivity contribution in [2.24, 2.45) is 0 Å². The maximum absolute atomic E-state index is 11.7. The summed E-state index contributed by atoms with van der Waals surface area (Å²) in [5.41, 5.74) is 13.0. The number of phenols is 1. The lowest BCUT2D eigenvalue weighted by Crippen LogP contribution is -1.97. The van der Waals surface area contributed by atoms with Crippen LogP contribution in [0.2, 0.25) is 0 Å². The molecule has 3 aromatic heterocycles. The molecule has 0 atom stereocenters. The number of aromatic hydroxyl groups is 1. The van der Waals surface area contributed by atoms with Gasteiger partial charge in [0.2, 0.25) is 0 Å². The lowest BCUT2D eigenvalue weighted by molar-refractivity contribution is 0.477. The monoisotopic (exact) mass is 681 g/mol. The summed E-state index contributed by atoms with van der Waals surface area (Å²) in [4.78, 5) is 10.2. The average Bonchev–Trinajstić information content (AvgIpc) is 3.79. The number of phenolic OH excluding ortho intramolecular Hbond substituents is 1. The van der Waals surface area contributed by atoms with Gasteiger partial charge in [0.25, 0.3) is 0 Å². The molecule has 5 heteroatoms. The Kier molecular flexibility index (Phi) is 7.22. The standard InChI is InChI=1S/C48H31N3O2/c52-44-29-40-39-19-10-11-22-45(39)53-46(40)30-41(44)48-50-47-38(20-12-21-43(47)51(48)37-17-8-3-9-18-37)35-25-34(32-15-6-2-7-16-32)26-36(27-35)42-28-33(23-24-49-42)31-13-4-1-5-14-31/h1-30,52H. The van der Waals surface area contributed by atoms with Crippen LogP contribution in [0.1, 0.15) is 0 Å². The highest BCUT2D eigenvalue weighted by Crippen LogP contribution is 2.42. The number of imidazole rings is 1. The molecule has 5 nitrogen and oxygen atoms in total.